The summed E-state index contributed by atoms with van der Waals surface area (Å²) < 4.78 is 5.12. The molecule has 1 rings (SSSR count). The zero-order valence-corrected chi connectivity index (χ0v) is 12.2. The van der Waals surface area contributed by atoms with Crippen molar-refractivity contribution >= 4 is 23.4 Å². The number of hydrogen-bond acceptors (Lipinski definition) is 5. The molecule has 0 aliphatic heterocycles. The molecule has 1 N–H and O–H groups in total. The van der Waals surface area contributed by atoms with E-state index in [4.69, 9.17) is 16.3 Å². The van der Waals surface area contributed by atoms with Gasteiger partial charge in [-0.1, -0.05) is 11.6 Å². The van der Waals surface area contributed by atoms with E-state index in [-0.39, 0.29) is 0 Å². The van der Waals surface area contributed by atoms with E-state index in [0.29, 0.717) is 23.6 Å². The van der Waals surface area contributed by atoms with E-state index in [0.717, 1.165) is 18.9 Å². The summed E-state index contributed by atoms with van der Waals surface area (Å²) in [7, 11) is 1.68. The number of halogens is 1. The van der Waals surface area contributed by atoms with Crippen LogP contribution in [0.25, 0.3) is 0 Å². The normalized spacial score (nSPS) is 10.8. The molecule has 0 fully saturated rings. The predicted octanol–water partition coefficient (Wildman–Crippen LogP) is 2.42. The second-order valence-electron chi connectivity index (χ2n) is 4.18. The van der Waals surface area contributed by atoms with Gasteiger partial charge in [-0.05, 0) is 20.8 Å². The van der Waals surface area contributed by atoms with Crippen molar-refractivity contribution < 1.29 is 4.74 Å². The van der Waals surface area contributed by atoms with Crippen LogP contribution in [-0.4, -0.2) is 42.8 Å². The highest BCUT2D eigenvalue weighted by Gasteiger charge is 2.16. The maximum Gasteiger partial charge on any atom is 0.224 e. The van der Waals surface area contributed by atoms with Crippen LogP contribution in [0.5, 0.6) is 0 Å². The Balaban J connectivity index is 2.97. The van der Waals surface area contributed by atoms with Crippen molar-refractivity contribution in [3.63, 3.8) is 0 Å². The first kappa shape index (κ1) is 15.0. The molecule has 1 heterocycles. The molecule has 1 aromatic rings. The van der Waals surface area contributed by atoms with E-state index in [1.54, 1.807) is 13.3 Å². The Hall–Kier alpha value is -1.07. The van der Waals surface area contributed by atoms with Crippen molar-refractivity contribution in [3.05, 3.63) is 11.2 Å². The number of nitrogens with one attached hydrogen (secondary N) is 1. The molecule has 0 aliphatic rings. The van der Waals surface area contributed by atoms with Crippen molar-refractivity contribution in [3.8, 4) is 0 Å². The Morgan fingerprint density at radius 2 is 2.22 bits per heavy atom. The number of methoxy groups -OCH3 is 1. The van der Waals surface area contributed by atoms with Gasteiger partial charge in [0.15, 0.2) is 5.82 Å². The summed E-state index contributed by atoms with van der Waals surface area (Å²) >= 11 is 6.18. The Morgan fingerprint density at radius 1 is 1.50 bits per heavy atom. The molecule has 102 valence electrons. The highest BCUT2D eigenvalue weighted by Crippen LogP contribution is 2.25. The maximum atomic E-state index is 6.18. The fraction of sp³-hybridized carbons (Fsp3) is 0.667. The summed E-state index contributed by atoms with van der Waals surface area (Å²) in [5.41, 5.74) is 0. The highest BCUT2D eigenvalue weighted by molar-refractivity contribution is 6.32. The molecule has 0 unspecified atom stereocenters. The van der Waals surface area contributed by atoms with Crippen LogP contribution in [0, 0.1) is 0 Å². The van der Waals surface area contributed by atoms with E-state index in [9.17, 15) is 0 Å². The topological polar surface area (TPSA) is 50.3 Å². The summed E-state index contributed by atoms with van der Waals surface area (Å²) in [5.74, 6) is 1.34. The van der Waals surface area contributed by atoms with Crippen molar-refractivity contribution in [1.82, 2.24) is 9.97 Å². The number of anilines is 2. The monoisotopic (exact) mass is 272 g/mol. The predicted molar refractivity (Wildman–Crippen MR) is 75.6 cm³/mol. The molecular formula is C12H21ClN4O. The van der Waals surface area contributed by atoms with Gasteiger partial charge in [-0.25, -0.2) is 4.98 Å². The summed E-state index contributed by atoms with van der Waals surface area (Å²) in [6.45, 7) is 8.36. The van der Waals surface area contributed by atoms with E-state index >= 15 is 0 Å². The van der Waals surface area contributed by atoms with Crippen molar-refractivity contribution in [2.75, 3.05) is 37.0 Å². The zero-order valence-electron chi connectivity index (χ0n) is 11.4. The third-order valence-electron chi connectivity index (χ3n) is 2.49. The Morgan fingerprint density at radius 3 is 2.78 bits per heavy atom. The van der Waals surface area contributed by atoms with Gasteiger partial charge in [0.2, 0.25) is 5.95 Å². The fourth-order valence-corrected chi connectivity index (χ4v) is 1.80. The number of aromatic nitrogens is 2. The molecule has 5 nitrogen and oxygen atoms in total. The Labute approximate surface area is 114 Å². The summed E-state index contributed by atoms with van der Waals surface area (Å²) in [4.78, 5) is 10.7. The first-order valence-corrected chi connectivity index (χ1v) is 6.49. The highest BCUT2D eigenvalue weighted by atomic mass is 35.5. The van der Waals surface area contributed by atoms with E-state index in [1.165, 1.54) is 0 Å². The largest absolute Gasteiger partial charge is 0.383 e. The van der Waals surface area contributed by atoms with Gasteiger partial charge in [0, 0.05) is 26.2 Å². The standard InChI is InChI=1S/C12H21ClN4O/c1-5-14-12-15-8-10(13)11(16-12)17(9(2)3)6-7-18-4/h8-9H,5-7H2,1-4H3,(H,14,15,16). The quantitative estimate of drug-likeness (QED) is 0.826. The van der Waals surface area contributed by atoms with Crippen molar-refractivity contribution in [2.45, 2.75) is 26.8 Å². The van der Waals surface area contributed by atoms with Gasteiger partial charge in [-0.2, -0.15) is 4.98 Å². The molecule has 0 amide bonds. The molecule has 0 spiro atoms. The van der Waals surface area contributed by atoms with Gasteiger partial charge in [0.05, 0.1) is 12.8 Å². The van der Waals surface area contributed by atoms with Gasteiger partial charge < -0.3 is 15.0 Å². The molecule has 0 atom stereocenters. The summed E-state index contributed by atoms with van der Waals surface area (Å²) in [6.07, 6.45) is 1.63. The van der Waals surface area contributed by atoms with Crippen LogP contribution in [0.15, 0.2) is 6.20 Å². The smallest absolute Gasteiger partial charge is 0.224 e. The van der Waals surface area contributed by atoms with Crippen LogP contribution in [0.1, 0.15) is 20.8 Å². The van der Waals surface area contributed by atoms with E-state index in [2.05, 4.69) is 34.0 Å². The van der Waals surface area contributed by atoms with E-state index < -0.39 is 0 Å². The molecule has 0 radical (unpaired) electrons. The van der Waals surface area contributed by atoms with Gasteiger partial charge in [0.1, 0.15) is 5.02 Å². The molecule has 0 saturated heterocycles. The number of hydrogen-bond donors (Lipinski definition) is 1. The number of ether oxygens (including phenoxy) is 1. The molecule has 6 heteroatoms. The minimum Gasteiger partial charge on any atom is -0.383 e. The third kappa shape index (κ3) is 3.99. The second kappa shape index (κ2) is 7.38. The minimum atomic E-state index is 0.294. The number of nitrogens with zero attached hydrogens (tertiary/aromatic N) is 3. The molecule has 0 bridgehead atoms. The first-order chi connectivity index (χ1) is 8.60. The number of rotatable bonds is 7. The summed E-state index contributed by atoms with van der Waals surface area (Å²) in [5, 5.41) is 3.64. The minimum absolute atomic E-state index is 0.294. The lowest BCUT2D eigenvalue weighted by molar-refractivity contribution is 0.203. The molecule has 0 aromatic carbocycles. The van der Waals surface area contributed by atoms with Gasteiger partial charge in [0.25, 0.3) is 0 Å². The lowest BCUT2D eigenvalue weighted by atomic mass is 10.3. The Bertz CT molecular complexity index is 373. The average Bonchev–Trinajstić information content (AvgIpc) is 2.33. The summed E-state index contributed by atoms with van der Waals surface area (Å²) in [6, 6.07) is 0.294. The fourth-order valence-electron chi connectivity index (χ4n) is 1.60. The molecule has 1 aromatic heterocycles. The van der Waals surface area contributed by atoms with Crippen LogP contribution in [0.2, 0.25) is 5.02 Å². The van der Waals surface area contributed by atoms with Crippen LogP contribution >= 0.6 is 11.6 Å². The first-order valence-electron chi connectivity index (χ1n) is 6.12. The SMILES string of the molecule is CCNc1ncc(Cl)c(N(CCOC)C(C)C)n1. The lowest BCUT2D eigenvalue weighted by Gasteiger charge is -2.28. The third-order valence-corrected chi connectivity index (χ3v) is 2.76. The maximum absolute atomic E-state index is 6.18. The van der Waals surface area contributed by atoms with Crippen LogP contribution in [-0.2, 0) is 4.74 Å². The molecular weight excluding hydrogens is 252 g/mol. The van der Waals surface area contributed by atoms with Gasteiger partial charge in [-0.15, -0.1) is 0 Å². The average molecular weight is 273 g/mol. The Kier molecular flexibility index (Phi) is 6.15. The van der Waals surface area contributed by atoms with Crippen molar-refractivity contribution in [1.29, 1.82) is 0 Å². The molecule has 0 saturated carbocycles. The zero-order chi connectivity index (χ0) is 13.5. The lowest BCUT2D eigenvalue weighted by Crippen LogP contribution is -2.35. The van der Waals surface area contributed by atoms with E-state index in [1.807, 2.05) is 6.92 Å². The molecule has 18 heavy (non-hydrogen) atoms. The van der Waals surface area contributed by atoms with Crippen molar-refractivity contribution in [2.24, 2.45) is 0 Å². The van der Waals surface area contributed by atoms with Gasteiger partial charge in [-0.3, -0.25) is 0 Å². The van der Waals surface area contributed by atoms with Crippen LogP contribution in [0.3, 0.4) is 0 Å². The van der Waals surface area contributed by atoms with Gasteiger partial charge >= 0.3 is 0 Å². The van der Waals surface area contributed by atoms with Crippen LogP contribution < -0.4 is 10.2 Å². The van der Waals surface area contributed by atoms with Crippen LogP contribution in [0.4, 0.5) is 11.8 Å². The molecule has 0 aliphatic carbocycles. The second-order valence-corrected chi connectivity index (χ2v) is 4.58.